The van der Waals surface area contributed by atoms with Crippen molar-refractivity contribution in [2.45, 2.75) is 36.8 Å². The number of carbonyl (C=O) groups is 1. The number of amides is 1. The number of rotatable bonds is 6. The molecule has 0 spiro atoms. The van der Waals surface area contributed by atoms with Crippen LogP contribution in [0.25, 0.3) is 0 Å². The summed E-state index contributed by atoms with van der Waals surface area (Å²) in [6.07, 6.45) is -0.760. The van der Waals surface area contributed by atoms with E-state index in [-0.39, 0.29) is 46.0 Å². The van der Waals surface area contributed by atoms with E-state index in [4.69, 9.17) is 37.9 Å². The topological polar surface area (TPSA) is 109 Å². The monoisotopic (exact) mass is 529 g/mol. The van der Waals surface area contributed by atoms with Gasteiger partial charge < -0.3 is 14.8 Å². The standard InChI is InChI=1S/C22H22Cl2FN3O5S/c1-21(2,3)33-20(29)27-22(13-32-16-6-4-14(10-26)18(25)9-16)11-28(12-22)34(30,31)19-7-5-15(23)8-17(19)24/h4-9H,11-13H2,1-3H3,(H,27,29). The van der Waals surface area contributed by atoms with Crippen molar-refractivity contribution in [2.24, 2.45) is 0 Å². The third kappa shape index (κ3) is 5.91. The van der Waals surface area contributed by atoms with Crippen LogP contribution in [0.1, 0.15) is 26.3 Å². The number of ether oxygens (including phenoxy) is 2. The Labute approximate surface area is 207 Å². The molecule has 1 fully saturated rings. The van der Waals surface area contributed by atoms with Crippen molar-refractivity contribution in [3.63, 3.8) is 0 Å². The summed E-state index contributed by atoms with van der Waals surface area (Å²) in [5, 5.41) is 11.8. The Bertz CT molecular complexity index is 1250. The second-order valence-electron chi connectivity index (χ2n) is 8.80. The molecule has 0 radical (unpaired) electrons. The van der Waals surface area contributed by atoms with Gasteiger partial charge in [0, 0.05) is 24.2 Å². The molecule has 1 heterocycles. The number of hydrogen-bond acceptors (Lipinski definition) is 6. The minimum atomic E-state index is -3.99. The lowest BCUT2D eigenvalue weighted by molar-refractivity contribution is 0.0186. The van der Waals surface area contributed by atoms with Gasteiger partial charge in [-0.3, -0.25) is 0 Å². The lowest BCUT2D eigenvalue weighted by Gasteiger charge is -2.48. The van der Waals surface area contributed by atoms with Gasteiger partial charge in [0.2, 0.25) is 10.0 Å². The van der Waals surface area contributed by atoms with Gasteiger partial charge in [0.15, 0.2) is 0 Å². The SMILES string of the molecule is CC(C)(C)OC(=O)NC1(COc2ccc(C#N)c(F)c2)CN(S(=O)(=O)c2ccc(Cl)cc2Cl)C1. The average Bonchev–Trinajstić information content (AvgIpc) is 2.67. The van der Waals surface area contributed by atoms with Crippen molar-refractivity contribution < 1.29 is 27.1 Å². The highest BCUT2D eigenvalue weighted by molar-refractivity contribution is 7.89. The van der Waals surface area contributed by atoms with E-state index < -0.39 is 33.1 Å². The molecule has 0 aliphatic carbocycles. The van der Waals surface area contributed by atoms with Crippen LogP contribution in [0, 0.1) is 17.1 Å². The lowest BCUT2D eigenvalue weighted by atomic mass is 9.93. The number of carbonyl (C=O) groups excluding carboxylic acids is 1. The first-order valence-electron chi connectivity index (χ1n) is 10.0. The largest absolute Gasteiger partial charge is 0.491 e. The van der Waals surface area contributed by atoms with Gasteiger partial charge in [0.25, 0.3) is 0 Å². The molecule has 1 aliphatic heterocycles. The Kier molecular flexibility index (Phi) is 7.34. The minimum absolute atomic E-state index is 0.0330. The molecule has 2 aromatic rings. The molecule has 34 heavy (non-hydrogen) atoms. The normalized spacial score (nSPS) is 15.7. The fourth-order valence-corrected chi connectivity index (χ4v) is 5.61. The Morgan fingerprint density at radius 1 is 1.24 bits per heavy atom. The van der Waals surface area contributed by atoms with Crippen molar-refractivity contribution in [3.05, 3.63) is 57.8 Å². The number of alkyl carbamates (subject to hydrolysis) is 1. The van der Waals surface area contributed by atoms with Crippen molar-refractivity contribution >= 4 is 39.3 Å². The van der Waals surface area contributed by atoms with Gasteiger partial charge in [-0.2, -0.15) is 9.57 Å². The van der Waals surface area contributed by atoms with E-state index in [0.717, 1.165) is 10.4 Å². The summed E-state index contributed by atoms with van der Waals surface area (Å²) in [7, 11) is -3.99. The molecule has 12 heteroatoms. The van der Waals surface area contributed by atoms with Crippen molar-refractivity contribution in [2.75, 3.05) is 19.7 Å². The molecule has 0 saturated carbocycles. The summed E-state index contributed by atoms with van der Waals surface area (Å²) in [4.78, 5) is 12.3. The van der Waals surface area contributed by atoms with Crippen molar-refractivity contribution in [3.8, 4) is 11.8 Å². The van der Waals surface area contributed by atoms with E-state index >= 15 is 0 Å². The summed E-state index contributed by atoms with van der Waals surface area (Å²) in [5.41, 5.74) is -2.08. The Morgan fingerprint density at radius 2 is 1.91 bits per heavy atom. The molecule has 3 rings (SSSR count). The van der Waals surface area contributed by atoms with Gasteiger partial charge in [0.05, 0.1) is 10.6 Å². The second-order valence-corrected chi connectivity index (χ2v) is 11.5. The van der Waals surface area contributed by atoms with E-state index in [1.165, 1.54) is 30.3 Å². The predicted molar refractivity (Wildman–Crippen MR) is 124 cm³/mol. The van der Waals surface area contributed by atoms with Gasteiger partial charge in [-0.15, -0.1) is 0 Å². The van der Waals surface area contributed by atoms with Gasteiger partial charge in [-0.25, -0.2) is 17.6 Å². The molecule has 1 N–H and O–H groups in total. The molecular weight excluding hydrogens is 508 g/mol. The highest BCUT2D eigenvalue weighted by atomic mass is 35.5. The van der Waals surface area contributed by atoms with E-state index in [2.05, 4.69) is 5.32 Å². The predicted octanol–water partition coefficient (Wildman–Crippen LogP) is 4.35. The van der Waals surface area contributed by atoms with E-state index in [9.17, 15) is 17.6 Å². The maximum atomic E-state index is 13.9. The molecule has 0 aromatic heterocycles. The van der Waals surface area contributed by atoms with E-state index in [0.29, 0.717) is 0 Å². The number of sulfonamides is 1. The van der Waals surface area contributed by atoms with Gasteiger partial charge in [0.1, 0.15) is 40.3 Å². The van der Waals surface area contributed by atoms with Crippen LogP contribution in [-0.4, -0.2) is 49.7 Å². The third-order valence-electron chi connectivity index (χ3n) is 4.81. The Hall–Kier alpha value is -2.58. The van der Waals surface area contributed by atoms with Gasteiger partial charge >= 0.3 is 6.09 Å². The van der Waals surface area contributed by atoms with Crippen LogP contribution in [0.4, 0.5) is 9.18 Å². The molecule has 2 aromatic carbocycles. The first-order valence-corrected chi connectivity index (χ1v) is 12.2. The summed E-state index contributed by atoms with van der Waals surface area (Å²) >= 11 is 11.9. The molecule has 0 bridgehead atoms. The average molecular weight is 530 g/mol. The molecule has 1 amide bonds. The zero-order chi connectivity index (χ0) is 25.3. The fourth-order valence-electron chi connectivity index (χ4n) is 3.25. The minimum Gasteiger partial charge on any atom is -0.491 e. The van der Waals surface area contributed by atoms with Crippen LogP contribution in [0.15, 0.2) is 41.3 Å². The number of nitriles is 1. The maximum Gasteiger partial charge on any atom is 0.408 e. The number of nitrogens with zero attached hydrogens (tertiary/aromatic N) is 2. The number of benzene rings is 2. The molecule has 1 aliphatic rings. The van der Waals surface area contributed by atoms with Crippen LogP contribution >= 0.6 is 23.2 Å². The van der Waals surface area contributed by atoms with E-state index in [1.807, 2.05) is 0 Å². The first-order chi connectivity index (χ1) is 15.7. The van der Waals surface area contributed by atoms with Gasteiger partial charge in [-0.05, 0) is 51.1 Å². The van der Waals surface area contributed by atoms with Gasteiger partial charge in [-0.1, -0.05) is 23.2 Å². The summed E-state index contributed by atoms with van der Waals surface area (Å²) in [5.74, 6) is -0.645. The van der Waals surface area contributed by atoms with Crippen molar-refractivity contribution in [1.82, 2.24) is 9.62 Å². The molecule has 182 valence electrons. The number of hydrogen-bond donors (Lipinski definition) is 1. The van der Waals surface area contributed by atoms with E-state index in [1.54, 1.807) is 26.8 Å². The smallest absolute Gasteiger partial charge is 0.408 e. The van der Waals surface area contributed by atoms with Crippen LogP contribution in [0.5, 0.6) is 5.75 Å². The molecule has 0 unspecified atom stereocenters. The quantitative estimate of drug-likeness (QED) is 0.595. The fraction of sp³-hybridized carbons (Fsp3) is 0.364. The van der Waals surface area contributed by atoms with Crippen LogP contribution in [-0.2, 0) is 14.8 Å². The molecule has 8 nitrogen and oxygen atoms in total. The number of nitrogens with one attached hydrogen (secondary N) is 1. The first kappa shape index (κ1) is 26.0. The summed E-state index contributed by atoms with van der Waals surface area (Å²) in [6.45, 7) is 4.59. The highest BCUT2D eigenvalue weighted by Gasteiger charge is 2.51. The zero-order valence-corrected chi connectivity index (χ0v) is 20.9. The Balaban J connectivity index is 1.80. The maximum absolute atomic E-state index is 13.9. The second kappa shape index (κ2) is 9.58. The number of halogens is 3. The highest BCUT2D eigenvalue weighted by Crippen LogP contribution is 2.33. The zero-order valence-electron chi connectivity index (χ0n) is 18.6. The lowest BCUT2D eigenvalue weighted by Crippen LogP contribution is -2.73. The molecule has 0 atom stereocenters. The summed E-state index contributed by atoms with van der Waals surface area (Å²) < 4.78 is 52.2. The molecular formula is C22H22Cl2FN3O5S. The molecule has 1 saturated heterocycles. The third-order valence-corrected chi connectivity index (χ3v) is 7.32. The summed E-state index contributed by atoms with van der Waals surface area (Å²) in [6, 6.07) is 9.46. The van der Waals surface area contributed by atoms with Crippen molar-refractivity contribution in [1.29, 1.82) is 5.26 Å². The Morgan fingerprint density at radius 3 is 2.47 bits per heavy atom. The van der Waals surface area contributed by atoms with Crippen LogP contribution < -0.4 is 10.1 Å². The van der Waals surface area contributed by atoms with Crippen LogP contribution in [0.2, 0.25) is 10.0 Å². The van der Waals surface area contributed by atoms with Crippen LogP contribution in [0.3, 0.4) is 0 Å².